The van der Waals surface area contributed by atoms with Crippen molar-refractivity contribution in [1.82, 2.24) is 0 Å². The van der Waals surface area contributed by atoms with Crippen molar-refractivity contribution >= 4 is 13.3 Å². The van der Waals surface area contributed by atoms with E-state index >= 15 is 0 Å². The van der Waals surface area contributed by atoms with Gasteiger partial charge in [-0.2, -0.15) is 0 Å². The number of phenolic OH excluding ortho intramolecular Hbond substituents is 1. The van der Waals surface area contributed by atoms with E-state index in [0.717, 1.165) is 0 Å². The van der Waals surface area contributed by atoms with Crippen molar-refractivity contribution < 1.29 is 5.11 Å². The maximum absolute atomic E-state index is 8.63. The summed E-state index contributed by atoms with van der Waals surface area (Å²) >= 11 is 0. The van der Waals surface area contributed by atoms with Crippen molar-refractivity contribution in [2.45, 2.75) is 19.6 Å². The zero-order valence-electron chi connectivity index (χ0n) is 10.7. The molecule has 2 aromatic rings. The van der Waals surface area contributed by atoms with Gasteiger partial charge in [0.25, 0.3) is 0 Å². The van der Waals surface area contributed by atoms with Gasteiger partial charge in [0.1, 0.15) is 5.75 Å². The molecule has 0 heterocycles. The first-order valence-corrected chi connectivity index (χ1v) is 9.29. The molecule has 1 nitrogen and oxygen atoms in total. The molecule has 0 unspecified atom stereocenters. The molecule has 0 atom stereocenters. The summed E-state index contributed by atoms with van der Waals surface area (Å²) in [5, 5.41) is 10.2. The molecule has 0 aliphatic carbocycles. The summed E-state index contributed by atoms with van der Waals surface area (Å²) in [4.78, 5) is 0. The Balaban J connectivity index is 0.000000181. The third kappa shape index (κ3) is 5.36. The van der Waals surface area contributed by atoms with Crippen LogP contribution in [0.15, 0.2) is 60.7 Å². The van der Waals surface area contributed by atoms with E-state index in [-0.39, 0.29) is 0 Å². The zero-order valence-corrected chi connectivity index (χ0v) is 11.7. The molecule has 1 N–H and O–H groups in total. The van der Waals surface area contributed by atoms with Gasteiger partial charge in [-0.05, 0) is 12.1 Å². The lowest BCUT2D eigenvalue weighted by Gasteiger charge is -2.15. The van der Waals surface area contributed by atoms with Gasteiger partial charge in [0, 0.05) is 0 Å². The molecule has 0 saturated carbocycles. The molecule has 0 bridgehead atoms. The molecule has 0 spiro atoms. The fourth-order valence-corrected chi connectivity index (χ4v) is 2.56. The lowest BCUT2D eigenvalue weighted by molar-refractivity contribution is 0.475. The summed E-state index contributed by atoms with van der Waals surface area (Å²) in [5.41, 5.74) is 0. The van der Waals surface area contributed by atoms with Crippen molar-refractivity contribution in [3.63, 3.8) is 0 Å². The highest BCUT2D eigenvalue weighted by molar-refractivity contribution is 6.88. The summed E-state index contributed by atoms with van der Waals surface area (Å²) in [6.07, 6.45) is 0. The van der Waals surface area contributed by atoms with Crippen LogP contribution in [0.1, 0.15) is 0 Å². The monoisotopic (exact) mass is 244 g/mol. The predicted octanol–water partition coefficient (Wildman–Crippen LogP) is 3.62. The molecule has 0 aliphatic rings. The summed E-state index contributed by atoms with van der Waals surface area (Å²) < 4.78 is 0. The van der Waals surface area contributed by atoms with E-state index in [1.807, 2.05) is 6.07 Å². The highest BCUT2D eigenvalue weighted by Gasteiger charge is 2.14. The van der Waals surface area contributed by atoms with Crippen LogP contribution >= 0.6 is 0 Å². The maximum atomic E-state index is 8.63. The number of phenols is 1. The van der Waals surface area contributed by atoms with Crippen LogP contribution < -0.4 is 5.19 Å². The van der Waals surface area contributed by atoms with E-state index in [0.29, 0.717) is 5.75 Å². The minimum Gasteiger partial charge on any atom is -0.508 e. The van der Waals surface area contributed by atoms with Crippen LogP contribution in [0.25, 0.3) is 0 Å². The van der Waals surface area contributed by atoms with E-state index in [9.17, 15) is 0 Å². The van der Waals surface area contributed by atoms with Crippen LogP contribution in [0.2, 0.25) is 19.6 Å². The fraction of sp³-hybridized carbons (Fsp3) is 0.200. The molecule has 2 heteroatoms. The molecule has 17 heavy (non-hydrogen) atoms. The Kier molecular flexibility index (Phi) is 4.98. The molecular weight excluding hydrogens is 224 g/mol. The number of para-hydroxylation sites is 1. The van der Waals surface area contributed by atoms with Crippen LogP contribution in [0.3, 0.4) is 0 Å². The minimum absolute atomic E-state index is 0.322. The van der Waals surface area contributed by atoms with Crippen LogP contribution in [0.5, 0.6) is 5.75 Å². The fourth-order valence-electron chi connectivity index (χ4n) is 1.37. The van der Waals surface area contributed by atoms with Crippen molar-refractivity contribution in [3.8, 4) is 5.75 Å². The van der Waals surface area contributed by atoms with Gasteiger partial charge < -0.3 is 5.11 Å². The van der Waals surface area contributed by atoms with Crippen LogP contribution in [0.4, 0.5) is 0 Å². The summed E-state index contributed by atoms with van der Waals surface area (Å²) in [5.74, 6) is 0.322. The number of hydrogen-bond acceptors (Lipinski definition) is 1. The lowest BCUT2D eigenvalue weighted by atomic mass is 10.3. The van der Waals surface area contributed by atoms with Gasteiger partial charge in [-0.1, -0.05) is 73.4 Å². The topological polar surface area (TPSA) is 20.2 Å². The van der Waals surface area contributed by atoms with E-state index in [1.165, 1.54) is 5.19 Å². The minimum atomic E-state index is -1.03. The molecule has 2 aromatic carbocycles. The standard InChI is InChI=1S/C9H14Si.C6H6O/c1-10(2,3)9-7-5-4-6-8-9;7-6-4-2-1-3-5-6/h4-8H,1-3H3;1-5,7H. The van der Waals surface area contributed by atoms with Crippen molar-refractivity contribution in [1.29, 1.82) is 0 Å². The summed E-state index contributed by atoms with van der Waals surface area (Å²) in [6.45, 7) is 7.09. The Morgan fingerprint density at radius 2 is 1.12 bits per heavy atom. The highest BCUT2D eigenvalue weighted by Crippen LogP contribution is 2.02. The normalized spacial score (nSPS) is 10.3. The average molecular weight is 244 g/mol. The lowest BCUT2D eigenvalue weighted by Crippen LogP contribution is -2.37. The van der Waals surface area contributed by atoms with Crippen LogP contribution in [-0.4, -0.2) is 13.2 Å². The Labute approximate surface area is 105 Å². The second-order valence-electron chi connectivity index (χ2n) is 4.95. The van der Waals surface area contributed by atoms with Gasteiger partial charge in [0.15, 0.2) is 0 Å². The second kappa shape index (κ2) is 6.26. The van der Waals surface area contributed by atoms with Gasteiger partial charge in [0.05, 0.1) is 8.07 Å². The SMILES string of the molecule is C[Si](C)(C)c1ccccc1.Oc1ccccc1. The number of hydrogen-bond donors (Lipinski definition) is 1. The van der Waals surface area contributed by atoms with Gasteiger partial charge in [0.2, 0.25) is 0 Å². The molecule has 0 aliphatic heterocycles. The van der Waals surface area contributed by atoms with E-state index in [2.05, 4.69) is 50.0 Å². The molecule has 0 fully saturated rings. The Morgan fingerprint density at radius 1 is 0.706 bits per heavy atom. The molecule has 0 aromatic heterocycles. The van der Waals surface area contributed by atoms with Gasteiger partial charge >= 0.3 is 0 Å². The number of benzene rings is 2. The average Bonchev–Trinajstić information content (AvgIpc) is 2.31. The summed E-state index contributed by atoms with van der Waals surface area (Å²) in [7, 11) is -1.03. The second-order valence-corrected chi connectivity index (χ2v) is 10.0. The number of rotatable bonds is 1. The van der Waals surface area contributed by atoms with Crippen molar-refractivity contribution in [2.75, 3.05) is 0 Å². The van der Waals surface area contributed by atoms with Crippen LogP contribution in [0, 0.1) is 0 Å². The third-order valence-electron chi connectivity index (χ3n) is 2.40. The quantitative estimate of drug-likeness (QED) is 0.760. The predicted molar refractivity (Wildman–Crippen MR) is 77.5 cm³/mol. The molecule has 90 valence electrons. The highest BCUT2D eigenvalue weighted by atomic mass is 28.3. The van der Waals surface area contributed by atoms with E-state index < -0.39 is 8.07 Å². The molecular formula is C15H20OSi. The summed E-state index contributed by atoms with van der Waals surface area (Å²) in [6, 6.07) is 19.5. The van der Waals surface area contributed by atoms with Crippen LogP contribution in [-0.2, 0) is 0 Å². The van der Waals surface area contributed by atoms with Crippen molar-refractivity contribution in [2.24, 2.45) is 0 Å². The van der Waals surface area contributed by atoms with E-state index in [1.54, 1.807) is 24.3 Å². The first-order chi connectivity index (χ1) is 8.00. The zero-order chi connectivity index (χ0) is 12.7. The Hall–Kier alpha value is -1.54. The first-order valence-electron chi connectivity index (χ1n) is 5.79. The largest absolute Gasteiger partial charge is 0.508 e. The number of aromatic hydroxyl groups is 1. The molecule has 0 amide bonds. The third-order valence-corrected chi connectivity index (χ3v) is 4.46. The molecule has 2 rings (SSSR count). The van der Waals surface area contributed by atoms with Gasteiger partial charge in [-0.25, -0.2) is 0 Å². The maximum Gasteiger partial charge on any atom is 0.115 e. The van der Waals surface area contributed by atoms with E-state index in [4.69, 9.17) is 5.11 Å². The Morgan fingerprint density at radius 3 is 1.35 bits per heavy atom. The van der Waals surface area contributed by atoms with Gasteiger partial charge in [-0.15, -0.1) is 0 Å². The Bertz CT molecular complexity index is 418. The first kappa shape index (κ1) is 13.5. The van der Waals surface area contributed by atoms with Gasteiger partial charge in [-0.3, -0.25) is 0 Å². The smallest absolute Gasteiger partial charge is 0.115 e. The molecule has 0 radical (unpaired) electrons. The molecule has 0 saturated heterocycles. The van der Waals surface area contributed by atoms with Crippen molar-refractivity contribution in [3.05, 3.63) is 60.7 Å².